The third-order valence-electron chi connectivity index (χ3n) is 5.25. The number of guanidine groups is 1. The lowest BCUT2D eigenvalue weighted by Crippen LogP contribution is -2.43. The first kappa shape index (κ1) is 23.6. The molecule has 1 aliphatic heterocycles. The molecule has 158 valence electrons. The van der Waals surface area contributed by atoms with E-state index in [0.717, 1.165) is 51.8 Å². The summed E-state index contributed by atoms with van der Waals surface area (Å²) in [7, 11) is 4.01. The van der Waals surface area contributed by atoms with Crippen molar-refractivity contribution >= 4 is 29.9 Å². The molecular weight excluding hydrogens is 473 g/mol. The van der Waals surface area contributed by atoms with Gasteiger partial charge in [0.15, 0.2) is 5.96 Å². The van der Waals surface area contributed by atoms with Gasteiger partial charge >= 0.3 is 0 Å². The topological polar surface area (TPSA) is 42.9 Å². The zero-order valence-electron chi connectivity index (χ0n) is 17.8. The molecule has 1 aliphatic rings. The van der Waals surface area contributed by atoms with Crippen molar-refractivity contribution in [3.63, 3.8) is 0 Å². The maximum atomic E-state index is 4.33. The molecule has 0 unspecified atom stereocenters. The first-order valence-corrected chi connectivity index (χ1v) is 10.1. The summed E-state index contributed by atoms with van der Waals surface area (Å²) in [5.74, 6) is 0.822. The van der Waals surface area contributed by atoms with E-state index in [1.54, 1.807) is 0 Å². The van der Waals surface area contributed by atoms with E-state index in [4.69, 9.17) is 0 Å². The lowest BCUT2D eigenvalue weighted by molar-refractivity contribution is 0.148. The summed E-state index contributed by atoms with van der Waals surface area (Å²) in [5.41, 5.74) is 5.19. The van der Waals surface area contributed by atoms with Gasteiger partial charge in [-0.1, -0.05) is 54.1 Å². The molecular formula is C23H34IN5. The largest absolute Gasteiger partial charge is 0.352 e. The summed E-state index contributed by atoms with van der Waals surface area (Å²) in [4.78, 5) is 9.25. The average molecular weight is 507 g/mol. The van der Waals surface area contributed by atoms with Gasteiger partial charge < -0.3 is 15.5 Å². The van der Waals surface area contributed by atoms with Gasteiger partial charge in [0.25, 0.3) is 0 Å². The number of aliphatic imine (C=N–C) groups is 1. The molecule has 0 aromatic heterocycles. The number of benzene rings is 2. The van der Waals surface area contributed by atoms with E-state index in [-0.39, 0.29) is 24.0 Å². The number of hydrogen-bond donors (Lipinski definition) is 2. The van der Waals surface area contributed by atoms with Crippen LogP contribution in [0.5, 0.6) is 0 Å². The standard InChI is InChI=1S/C23H33N5.HI/c1-19-5-4-6-22(15-19)17-26-23(24-2)25-16-20-7-9-21(10-8-20)18-28-13-11-27(3)12-14-28;/h4-10,15H,11-14,16-18H2,1-3H3,(H2,24,25,26);1H. The number of hydrogen-bond acceptors (Lipinski definition) is 3. The minimum absolute atomic E-state index is 0. The molecule has 0 amide bonds. The SMILES string of the molecule is CN=C(NCc1ccc(CN2CCN(C)CC2)cc1)NCc1cccc(C)c1.I. The number of likely N-dealkylation sites (N-methyl/N-ethyl adjacent to an activating group) is 1. The van der Waals surface area contributed by atoms with Crippen molar-refractivity contribution in [2.24, 2.45) is 4.99 Å². The second-order valence-electron chi connectivity index (χ2n) is 7.66. The van der Waals surface area contributed by atoms with E-state index in [2.05, 4.69) is 87.9 Å². The van der Waals surface area contributed by atoms with E-state index in [1.165, 1.54) is 22.3 Å². The van der Waals surface area contributed by atoms with Gasteiger partial charge in [0, 0.05) is 52.9 Å². The van der Waals surface area contributed by atoms with Gasteiger partial charge in [-0.3, -0.25) is 9.89 Å². The minimum Gasteiger partial charge on any atom is -0.352 e. The number of nitrogens with zero attached hydrogens (tertiary/aromatic N) is 3. The van der Waals surface area contributed by atoms with Crippen LogP contribution in [-0.2, 0) is 19.6 Å². The van der Waals surface area contributed by atoms with Crippen LogP contribution in [0.3, 0.4) is 0 Å². The maximum Gasteiger partial charge on any atom is 0.191 e. The fourth-order valence-electron chi connectivity index (χ4n) is 3.44. The molecule has 1 heterocycles. The molecule has 6 heteroatoms. The highest BCUT2D eigenvalue weighted by Crippen LogP contribution is 2.10. The highest BCUT2D eigenvalue weighted by molar-refractivity contribution is 14.0. The zero-order valence-corrected chi connectivity index (χ0v) is 20.1. The Morgan fingerprint density at radius 2 is 1.52 bits per heavy atom. The van der Waals surface area contributed by atoms with Crippen molar-refractivity contribution in [2.45, 2.75) is 26.6 Å². The van der Waals surface area contributed by atoms with E-state index >= 15 is 0 Å². The van der Waals surface area contributed by atoms with Crippen LogP contribution in [0.25, 0.3) is 0 Å². The summed E-state index contributed by atoms with van der Waals surface area (Å²) in [5, 5.41) is 6.78. The Bertz CT molecular complexity index is 767. The summed E-state index contributed by atoms with van der Waals surface area (Å²) >= 11 is 0. The van der Waals surface area contributed by atoms with E-state index < -0.39 is 0 Å². The monoisotopic (exact) mass is 507 g/mol. The van der Waals surface area contributed by atoms with Crippen LogP contribution in [0.4, 0.5) is 0 Å². The van der Waals surface area contributed by atoms with Crippen LogP contribution in [0, 0.1) is 6.92 Å². The fourth-order valence-corrected chi connectivity index (χ4v) is 3.44. The molecule has 3 rings (SSSR count). The number of aryl methyl sites for hydroxylation is 1. The van der Waals surface area contributed by atoms with Crippen molar-refractivity contribution in [3.05, 3.63) is 70.8 Å². The van der Waals surface area contributed by atoms with Crippen molar-refractivity contribution in [3.8, 4) is 0 Å². The Morgan fingerprint density at radius 3 is 2.14 bits per heavy atom. The predicted molar refractivity (Wildman–Crippen MR) is 133 cm³/mol. The summed E-state index contributed by atoms with van der Waals surface area (Å²) < 4.78 is 0. The maximum absolute atomic E-state index is 4.33. The number of rotatable bonds is 6. The van der Waals surface area contributed by atoms with Crippen LogP contribution in [0.15, 0.2) is 53.5 Å². The molecule has 0 aliphatic carbocycles. The highest BCUT2D eigenvalue weighted by Gasteiger charge is 2.13. The van der Waals surface area contributed by atoms with Crippen molar-refractivity contribution in [1.82, 2.24) is 20.4 Å². The Labute approximate surface area is 192 Å². The van der Waals surface area contributed by atoms with Gasteiger partial charge in [0.05, 0.1) is 0 Å². The molecule has 0 atom stereocenters. The molecule has 1 fully saturated rings. The normalized spacial score (nSPS) is 15.6. The Kier molecular flexibility index (Phi) is 9.90. The van der Waals surface area contributed by atoms with E-state index in [9.17, 15) is 0 Å². The van der Waals surface area contributed by atoms with Gasteiger partial charge in [-0.2, -0.15) is 0 Å². The smallest absolute Gasteiger partial charge is 0.191 e. The second-order valence-corrected chi connectivity index (χ2v) is 7.66. The van der Waals surface area contributed by atoms with Crippen molar-refractivity contribution in [2.75, 3.05) is 40.3 Å². The van der Waals surface area contributed by atoms with Crippen molar-refractivity contribution in [1.29, 1.82) is 0 Å². The van der Waals surface area contributed by atoms with E-state index in [0.29, 0.717) is 0 Å². The lowest BCUT2D eigenvalue weighted by Gasteiger charge is -2.32. The lowest BCUT2D eigenvalue weighted by atomic mass is 10.1. The molecule has 29 heavy (non-hydrogen) atoms. The first-order chi connectivity index (χ1) is 13.6. The van der Waals surface area contributed by atoms with Crippen LogP contribution < -0.4 is 10.6 Å². The summed E-state index contributed by atoms with van der Waals surface area (Å²) in [6, 6.07) is 17.5. The van der Waals surface area contributed by atoms with Gasteiger partial charge in [0.2, 0.25) is 0 Å². The van der Waals surface area contributed by atoms with Crippen molar-refractivity contribution < 1.29 is 0 Å². The van der Waals surface area contributed by atoms with E-state index in [1.807, 2.05) is 7.05 Å². The van der Waals surface area contributed by atoms with Gasteiger partial charge in [0.1, 0.15) is 0 Å². The van der Waals surface area contributed by atoms with Gasteiger partial charge in [-0.15, -0.1) is 24.0 Å². The van der Waals surface area contributed by atoms with Crippen LogP contribution in [-0.4, -0.2) is 56.0 Å². The molecule has 0 spiro atoms. The summed E-state index contributed by atoms with van der Waals surface area (Å²) in [6.45, 7) is 9.33. The molecule has 5 nitrogen and oxygen atoms in total. The van der Waals surface area contributed by atoms with Crippen LogP contribution in [0.2, 0.25) is 0 Å². The van der Waals surface area contributed by atoms with Gasteiger partial charge in [-0.05, 0) is 30.7 Å². The third kappa shape index (κ3) is 7.95. The quantitative estimate of drug-likeness (QED) is 0.358. The molecule has 1 saturated heterocycles. The Balaban J connectivity index is 0.00000300. The predicted octanol–water partition coefficient (Wildman–Crippen LogP) is 3.23. The number of nitrogens with one attached hydrogen (secondary N) is 2. The van der Waals surface area contributed by atoms with Gasteiger partial charge in [-0.25, -0.2) is 0 Å². The van der Waals surface area contributed by atoms with Crippen LogP contribution >= 0.6 is 24.0 Å². The number of halogens is 1. The molecule has 2 aromatic carbocycles. The first-order valence-electron chi connectivity index (χ1n) is 10.1. The number of piperazine rings is 1. The summed E-state index contributed by atoms with van der Waals surface area (Å²) in [6.07, 6.45) is 0. The highest BCUT2D eigenvalue weighted by atomic mass is 127. The Morgan fingerprint density at radius 1 is 0.897 bits per heavy atom. The molecule has 0 radical (unpaired) electrons. The third-order valence-corrected chi connectivity index (χ3v) is 5.25. The molecule has 2 N–H and O–H groups in total. The average Bonchev–Trinajstić information content (AvgIpc) is 2.71. The second kappa shape index (κ2) is 12.1. The molecule has 0 saturated carbocycles. The molecule has 2 aromatic rings. The minimum atomic E-state index is 0. The Hall–Kier alpha value is -1.64. The zero-order chi connectivity index (χ0) is 19.8. The molecule has 0 bridgehead atoms. The fraction of sp³-hybridized carbons (Fsp3) is 0.435. The van der Waals surface area contributed by atoms with Crippen LogP contribution in [0.1, 0.15) is 22.3 Å².